The average molecular weight is 740 g/mol. The number of aryl methyl sites for hydroxylation is 1. The number of ether oxygens (including phenoxy) is 2. The van der Waals surface area contributed by atoms with Crippen LogP contribution in [0.2, 0.25) is 0 Å². The Labute approximate surface area is 296 Å². The van der Waals surface area contributed by atoms with Crippen molar-refractivity contribution < 1.29 is 54.6 Å². The van der Waals surface area contributed by atoms with Crippen molar-refractivity contribution in [3.63, 3.8) is 0 Å². The molecule has 0 N–H and O–H groups in total. The number of carbonyl (C=O) groups excluding carboxylic acids is 3. The smallest absolute Gasteiger partial charge is 0.416 e. The molecule has 8 nitrogen and oxygen atoms in total. The average Bonchev–Trinajstić information content (AvgIpc) is 3.40. The molecule has 0 saturated carbocycles. The van der Waals surface area contributed by atoms with Crippen LogP contribution in [-0.4, -0.2) is 53.2 Å². The molecule has 3 aromatic rings. The van der Waals surface area contributed by atoms with Gasteiger partial charge in [0.25, 0.3) is 0 Å². The minimum absolute atomic E-state index is 0.0133. The topological polar surface area (TPSA) is 89.0 Å². The zero-order valence-corrected chi connectivity index (χ0v) is 30.1. The van der Waals surface area contributed by atoms with E-state index in [0.717, 1.165) is 4.90 Å². The highest BCUT2D eigenvalue weighted by atomic mass is 19.4. The van der Waals surface area contributed by atoms with Crippen molar-refractivity contribution in [1.29, 1.82) is 0 Å². The Morgan fingerprint density at radius 1 is 0.885 bits per heavy atom. The van der Waals surface area contributed by atoms with Crippen molar-refractivity contribution in [2.24, 2.45) is 0 Å². The molecule has 2 aromatic carbocycles. The van der Waals surface area contributed by atoms with Gasteiger partial charge in [-0.3, -0.25) is 14.7 Å². The lowest BCUT2D eigenvalue weighted by Crippen LogP contribution is -2.53. The van der Waals surface area contributed by atoms with Crippen molar-refractivity contribution in [3.8, 4) is 11.1 Å². The molecule has 1 fully saturated rings. The number of aromatic nitrogens is 1. The normalized spacial score (nSPS) is 18.3. The quantitative estimate of drug-likeness (QED) is 0.185. The van der Waals surface area contributed by atoms with Crippen molar-refractivity contribution in [3.05, 3.63) is 82.4 Å². The van der Waals surface area contributed by atoms with Crippen LogP contribution in [0.4, 0.5) is 41.2 Å². The second-order valence-electron chi connectivity index (χ2n) is 14.5. The molecule has 1 aliphatic rings. The zero-order chi connectivity index (χ0) is 39.4. The number of likely N-dealkylation sites (tertiary alicyclic amines) is 1. The third kappa shape index (κ3) is 7.87. The summed E-state index contributed by atoms with van der Waals surface area (Å²) in [6.07, 6.45) is -9.41. The monoisotopic (exact) mass is 739 g/mol. The predicted octanol–water partition coefficient (Wildman–Crippen LogP) is 9.18. The largest absolute Gasteiger partial charge is 0.467 e. The van der Waals surface area contributed by atoms with Crippen LogP contribution in [0.1, 0.15) is 88.4 Å². The van der Waals surface area contributed by atoms with Crippen molar-refractivity contribution in [2.45, 2.75) is 96.3 Å². The maximum atomic E-state index is 14.3. The number of esters is 1. The number of methoxy groups -OCH3 is 1. The molecule has 1 aliphatic heterocycles. The molecule has 2 atom stereocenters. The Bertz CT molecular complexity index is 1850. The van der Waals surface area contributed by atoms with Crippen LogP contribution in [-0.2, 0) is 36.8 Å². The highest BCUT2D eigenvalue weighted by Crippen LogP contribution is 2.46. The van der Waals surface area contributed by atoms with E-state index in [1.165, 1.54) is 64.2 Å². The van der Waals surface area contributed by atoms with Gasteiger partial charge in [0.2, 0.25) is 5.91 Å². The van der Waals surface area contributed by atoms with E-state index >= 15 is 0 Å². The van der Waals surface area contributed by atoms with Crippen molar-refractivity contribution >= 4 is 23.7 Å². The summed E-state index contributed by atoms with van der Waals surface area (Å²) < 4.78 is 107. The van der Waals surface area contributed by atoms with Gasteiger partial charge in [-0.15, -0.1) is 0 Å². The minimum atomic E-state index is -5.13. The number of rotatable bonds is 6. The first-order valence-corrected chi connectivity index (χ1v) is 16.2. The molecule has 0 unspecified atom stereocenters. The number of amides is 2. The highest BCUT2D eigenvalue weighted by Gasteiger charge is 2.54. The molecular weight excluding hydrogens is 699 g/mol. The number of alkyl halides is 6. The van der Waals surface area contributed by atoms with Crippen LogP contribution in [0, 0.1) is 12.7 Å². The minimum Gasteiger partial charge on any atom is -0.467 e. The van der Waals surface area contributed by atoms with Gasteiger partial charge in [0.1, 0.15) is 17.0 Å². The van der Waals surface area contributed by atoms with Crippen molar-refractivity contribution in [2.75, 3.05) is 19.1 Å². The molecule has 0 radical (unpaired) electrons. The molecule has 0 aliphatic carbocycles. The number of anilines is 1. The summed E-state index contributed by atoms with van der Waals surface area (Å²) in [5.74, 6) is -2.14. The summed E-state index contributed by atoms with van der Waals surface area (Å²) >= 11 is 0. The molecule has 1 aromatic heterocycles. The lowest BCUT2D eigenvalue weighted by atomic mass is 9.81. The Kier molecular flexibility index (Phi) is 10.6. The van der Waals surface area contributed by atoms with E-state index in [0.29, 0.717) is 23.3 Å². The van der Waals surface area contributed by atoms with Gasteiger partial charge in [0, 0.05) is 12.6 Å². The molecule has 4 rings (SSSR count). The van der Waals surface area contributed by atoms with Crippen molar-refractivity contribution in [1.82, 2.24) is 9.88 Å². The maximum absolute atomic E-state index is 14.3. The molecule has 52 heavy (non-hydrogen) atoms. The molecule has 282 valence electrons. The molecule has 0 spiro atoms. The highest BCUT2D eigenvalue weighted by molar-refractivity contribution is 6.03. The Balaban J connectivity index is 1.89. The van der Waals surface area contributed by atoms with E-state index in [1.807, 2.05) is 0 Å². The first-order chi connectivity index (χ1) is 23.7. The molecule has 0 bridgehead atoms. The second-order valence-corrected chi connectivity index (χ2v) is 14.5. The lowest BCUT2D eigenvalue weighted by Gasteiger charge is -2.37. The van der Waals surface area contributed by atoms with Gasteiger partial charge < -0.3 is 14.4 Å². The Morgan fingerprint density at radius 2 is 1.44 bits per heavy atom. The van der Waals surface area contributed by atoms with Crippen LogP contribution in [0.3, 0.4) is 0 Å². The van der Waals surface area contributed by atoms with Gasteiger partial charge in [-0.1, -0.05) is 6.07 Å². The zero-order valence-electron chi connectivity index (χ0n) is 30.1. The third-order valence-electron chi connectivity index (χ3n) is 9.20. The third-order valence-corrected chi connectivity index (χ3v) is 9.20. The predicted molar refractivity (Wildman–Crippen MR) is 178 cm³/mol. The standard InChI is InChI=1S/C37H40F7N3O5/c1-20-14-24(38)10-11-25(20)26-18-27(28-12-13-35(7,31(49)51-9)47(28)32(50)52-33(2,3)4)45-19-29(26)46(8)30(48)34(5,6)21-15-22(36(39,40)41)17-23(16-21)37(42,43)44/h10-11,14-19,28H,12-13H2,1-9H3/t28-,35-/m0/s1. The van der Waals surface area contributed by atoms with Gasteiger partial charge >= 0.3 is 24.4 Å². The number of carbonyl (C=O) groups is 3. The second kappa shape index (κ2) is 13.7. The SMILES string of the molecule is COC(=O)[C@]1(C)CC[C@@H](c2cc(-c3ccc(F)cc3C)c(N(C)C(=O)C(C)(C)c3cc(C(F)(F)F)cc(C(F)(F)F)c3)cn2)N1C(=O)OC(C)(C)C. The first kappa shape index (κ1) is 40.1. The number of likely N-dealkylation sites (N-methyl/N-ethyl adjacent to an activating group) is 1. The molecular formula is C37H40F7N3O5. The number of benzene rings is 2. The number of nitrogens with zero attached hydrogens (tertiary/aromatic N) is 3. The summed E-state index contributed by atoms with van der Waals surface area (Å²) in [6, 6.07) is 5.56. The van der Waals surface area contributed by atoms with E-state index < -0.39 is 75.4 Å². The van der Waals surface area contributed by atoms with E-state index in [4.69, 9.17) is 9.47 Å². The van der Waals surface area contributed by atoms with E-state index in [-0.39, 0.29) is 35.9 Å². The number of halogens is 7. The van der Waals surface area contributed by atoms with Gasteiger partial charge in [-0.2, -0.15) is 26.3 Å². The fourth-order valence-electron chi connectivity index (χ4n) is 6.38. The summed E-state index contributed by atoms with van der Waals surface area (Å²) in [4.78, 5) is 47.7. The fraction of sp³-hybridized carbons (Fsp3) is 0.459. The summed E-state index contributed by atoms with van der Waals surface area (Å²) in [6.45, 7) is 10.5. The molecule has 15 heteroatoms. The van der Waals surface area contributed by atoms with Gasteiger partial charge in [0.15, 0.2) is 0 Å². The molecule has 2 amide bonds. The van der Waals surface area contributed by atoms with Gasteiger partial charge in [-0.05, 0) is 114 Å². The van der Waals surface area contributed by atoms with Gasteiger partial charge in [0.05, 0.1) is 47.3 Å². The van der Waals surface area contributed by atoms with Crippen LogP contribution in [0.5, 0.6) is 0 Å². The van der Waals surface area contributed by atoms with E-state index in [2.05, 4.69) is 4.98 Å². The summed E-state index contributed by atoms with van der Waals surface area (Å²) in [7, 11) is 2.48. The first-order valence-electron chi connectivity index (χ1n) is 16.2. The number of hydrogen-bond acceptors (Lipinski definition) is 6. The maximum Gasteiger partial charge on any atom is 0.416 e. The van der Waals surface area contributed by atoms with Crippen LogP contribution < -0.4 is 4.90 Å². The van der Waals surface area contributed by atoms with E-state index in [9.17, 15) is 45.1 Å². The summed E-state index contributed by atoms with van der Waals surface area (Å²) in [5, 5.41) is 0. The number of pyridine rings is 1. The Hall–Kier alpha value is -4.69. The fourth-order valence-corrected chi connectivity index (χ4v) is 6.38. The summed E-state index contributed by atoms with van der Waals surface area (Å²) in [5.41, 5.74) is -6.55. The molecule has 1 saturated heterocycles. The van der Waals surface area contributed by atoms with Crippen LogP contribution in [0.25, 0.3) is 11.1 Å². The molecule has 2 heterocycles. The number of hydrogen-bond donors (Lipinski definition) is 0. The van der Waals surface area contributed by atoms with Crippen LogP contribution in [0.15, 0.2) is 48.7 Å². The lowest BCUT2D eigenvalue weighted by molar-refractivity contribution is -0.153. The van der Waals surface area contributed by atoms with Gasteiger partial charge in [-0.25, -0.2) is 14.0 Å². The van der Waals surface area contributed by atoms with E-state index in [1.54, 1.807) is 33.8 Å². The Morgan fingerprint density at radius 3 is 1.94 bits per heavy atom. The van der Waals surface area contributed by atoms with Crippen LogP contribution >= 0.6 is 0 Å².